The average Bonchev–Trinajstić information content (AvgIpc) is 3.41. The number of thiophene rings is 1. The molecular formula is C28H27N7O2S. The lowest BCUT2D eigenvalue weighted by molar-refractivity contribution is 0.103. The molecule has 4 N–H and O–H groups in total. The molecule has 1 saturated heterocycles. The Labute approximate surface area is 224 Å². The summed E-state index contributed by atoms with van der Waals surface area (Å²) in [6, 6.07) is 19.0. The number of carbonyl (C=O) groups excluding carboxylic acids is 1. The van der Waals surface area contributed by atoms with E-state index in [9.17, 15) is 15.2 Å². The summed E-state index contributed by atoms with van der Waals surface area (Å²) in [5.74, 6) is 0.208. The maximum atomic E-state index is 13.2. The quantitative estimate of drug-likeness (QED) is 0.125. The van der Waals surface area contributed by atoms with Gasteiger partial charge in [0.1, 0.15) is 4.88 Å². The van der Waals surface area contributed by atoms with Gasteiger partial charge < -0.3 is 20.6 Å². The largest absolute Gasteiger partial charge is 0.393 e. The first-order valence-corrected chi connectivity index (χ1v) is 13.2. The molecule has 1 aliphatic rings. The second-order valence-electron chi connectivity index (χ2n) is 8.90. The molecule has 4 aromatic rings. The number of hydrogen-bond donors (Lipinski definition) is 4. The Morgan fingerprint density at radius 1 is 1.16 bits per heavy atom. The third kappa shape index (κ3) is 5.91. The Kier molecular flexibility index (Phi) is 7.78. The number of nitriles is 1. The van der Waals surface area contributed by atoms with Gasteiger partial charge in [-0.1, -0.05) is 24.3 Å². The predicted molar refractivity (Wildman–Crippen MR) is 150 cm³/mol. The first kappa shape index (κ1) is 25.2. The van der Waals surface area contributed by atoms with Crippen LogP contribution in [0, 0.1) is 11.5 Å². The number of guanidine groups is 1. The molecule has 0 atom stereocenters. The van der Waals surface area contributed by atoms with Crippen LogP contribution < -0.4 is 16.0 Å². The predicted octanol–water partition coefficient (Wildman–Crippen LogP) is 4.68. The number of nitrogens with one attached hydrogen (secondary N) is 3. The number of aromatic nitrogens is 1. The molecule has 9 nitrogen and oxygen atoms in total. The summed E-state index contributed by atoms with van der Waals surface area (Å²) < 4.78 is 0. The lowest BCUT2D eigenvalue weighted by atomic mass is 10.1. The molecule has 0 saturated carbocycles. The van der Waals surface area contributed by atoms with E-state index in [1.165, 1.54) is 11.3 Å². The highest BCUT2D eigenvalue weighted by atomic mass is 32.1. The maximum absolute atomic E-state index is 13.2. The number of aliphatic hydroxyl groups is 1. The summed E-state index contributed by atoms with van der Waals surface area (Å²) in [5.41, 5.74) is 3.99. The molecule has 3 heterocycles. The van der Waals surface area contributed by atoms with Crippen molar-refractivity contribution in [3.05, 3.63) is 82.7 Å². The number of anilines is 2. The van der Waals surface area contributed by atoms with Crippen molar-refractivity contribution in [2.45, 2.75) is 25.5 Å². The molecule has 0 bridgehead atoms. The minimum absolute atomic E-state index is 0.219. The second-order valence-corrected chi connectivity index (χ2v) is 9.82. The van der Waals surface area contributed by atoms with Crippen LogP contribution in [0.15, 0.2) is 77.2 Å². The molecule has 0 radical (unpaired) electrons. The van der Waals surface area contributed by atoms with Crippen molar-refractivity contribution in [2.24, 2.45) is 4.99 Å². The molecule has 38 heavy (non-hydrogen) atoms. The number of aliphatic imine (C=N–C) groups is 1. The molecule has 1 aliphatic heterocycles. The van der Waals surface area contributed by atoms with Crippen molar-refractivity contribution in [3.8, 4) is 6.19 Å². The highest BCUT2D eigenvalue weighted by Crippen LogP contribution is 2.27. The van der Waals surface area contributed by atoms with E-state index in [0.717, 1.165) is 22.2 Å². The summed E-state index contributed by atoms with van der Waals surface area (Å²) >= 11 is 1.37. The number of rotatable bonds is 6. The Balaban J connectivity index is 1.28. The Morgan fingerprint density at radius 3 is 2.84 bits per heavy atom. The Bertz CT molecular complexity index is 1500. The van der Waals surface area contributed by atoms with Gasteiger partial charge >= 0.3 is 0 Å². The first-order valence-electron chi connectivity index (χ1n) is 12.3. The van der Waals surface area contributed by atoms with Crippen LogP contribution in [0.3, 0.4) is 0 Å². The highest BCUT2D eigenvalue weighted by Gasteiger charge is 2.20. The second kappa shape index (κ2) is 11.7. The number of fused-ring (bicyclic) bond motifs is 1. The summed E-state index contributed by atoms with van der Waals surface area (Å²) in [5, 5.41) is 30.9. The minimum atomic E-state index is -0.325. The fourth-order valence-corrected chi connectivity index (χ4v) is 5.16. The molecule has 1 amide bonds. The van der Waals surface area contributed by atoms with Gasteiger partial charge in [-0.15, -0.1) is 11.3 Å². The topological polar surface area (TPSA) is 126 Å². The van der Waals surface area contributed by atoms with Gasteiger partial charge in [0.25, 0.3) is 5.91 Å². The average molecular weight is 526 g/mol. The van der Waals surface area contributed by atoms with Crippen molar-refractivity contribution in [2.75, 3.05) is 23.7 Å². The van der Waals surface area contributed by atoms with E-state index < -0.39 is 0 Å². The normalized spacial score (nSPS) is 14.2. The van der Waals surface area contributed by atoms with Gasteiger partial charge in [0.2, 0.25) is 5.96 Å². The Hall–Kier alpha value is -4.46. The number of likely N-dealkylation sites (tertiary alicyclic amines) is 1. The van der Waals surface area contributed by atoms with Crippen LogP contribution >= 0.6 is 11.3 Å². The molecule has 0 unspecified atom stereocenters. The fraction of sp³-hybridized carbons (Fsp3) is 0.214. The SMILES string of the molecule is N#CNC(=Nc1cccc(NC(=O)c2sccc2NCc2ccnc3ccccc23)c1)N1CCC(O)CC1. The van der Waals surface area contributed by atoms with Crippen molar-refractivity contribution < 1.29 is 9.90 Å². The molecule has 2 aromatic carbocycles. The van der Waals surface area contributed by atoms with Crippen LogP contribution in [0.2, 0.25) is 0 Å². The van der Waals surface area contributed by atoms with E-state index in [2.05, 4.69) is 25.9 Å². The summed E-state index contributed by atoms with van der Waals surface area (Å²) in [6.07, 6.45) is 4.65. The number of nitrogens with zero attached hydrogens (tertiary/aromatic N) is 4. The van der Waals surface area contributed by atoms with E-state index in [-0.39, 0.29) is 12.0 Å². The van der Waals surface area contributed by atoms with Crippen LogP contribution in [0.5, 0.6) is 0 Å². The van der Waals surface area contributed by atoms with Crippen LogP contribution in [0.25, 0.3) is 10.9 Å². The van der Waals surface area contributed by atoms with E-state index in [4.69, 9.17) is 0 Å². The molecule has 1 fully saturated rings. The van der Waals surface area contributed by atoms with Gasteiger partial charge in [0.05, 0.1) is 23.0 Å². The minimum Gasteiger partial charge on any atom is -0.393 e. The van der Waals surface area contributed by atoms with E-state index in [1.54, 1.807) is 24.4 Å². The summed E-state index contributed by atoms with van der Waals surface area (Å²) in [6.45, 7) is 1.77. The number of amides is 1. The molecule has 0 aliphatic carbocycles. The molecule has 2 aromatic heterocycles. The standard InChI is InChI=1S/C28H27N7O2S/c29-18-32-28(35-13-9-22(36)10-14-35)34-21-5-3-4-20(16-21)33-27(37)26-25(11-15-38-26)31-17-19-8-12-30-24-7-2-1-6-23(19)24/h1-8,11-12,15-16,22,31,36H,9-10,13-14,17H2,(H,32,34)(H,33,37). The highest BCUT2D eigenvalue weighted by molar-refractivity contribution is 7.12. The molecular weight excluding hydrogens is 498 g/mol. The lowest BCUT2D eigenvalue weighted by Gasteiger charge is -2.31. The summed E-state index contributed by atoms with van der Waals surface area (Å²) in [7, 11) is 0. The van der Waals surface area contributed by atoms with E-state index in [0.29, 0.717) is 54.7 Å². The number of pyridine rings is 1. The van der Waals surface area contributed by atoms with Crippen LogP contribution in [-0.4, -0.2) is 46.1 Å². The fourth-order valence-electron chi connectivity index (χ4n) is 4.39. The van der Waals surface area contributed by atoms with E-state index >= 15 is 0 Å². The van der Waals surface area contributed by atoms with Crippen LogP contribution in [-0.2, 0) is 6.54 Å². The zero-order valence-electron chi connectivity index (χ0n) is 20.6. The van der Waals surface area contributed by atoms with Gasteiger partial charge in [-0.3, -0.25) is 15.1 Å². The molecule has 0 spiro atoms. The summed E-state index contributed by atoms with van der Waals surface area (Å²) in [4.78, 5) is 24.7. The first-order chi connectivity index (χ1) is 18.6. The van der Waals surface area contributed by atoms with Crippen molar-refractivity contribution in [3.63, 3.8) is 0 Å². The van der Waals surface area contributed by atoms with Gasteiger partial charge in [-0.25, -0.2) is 4.99 Å². The zero-order valence-corrected chi connectivity index (χ0v) is 21.4. The van der Waals surface area contributed by atoms with Gasteiger partial charge in [0, 0.05) is 36.9 Å². The smallest absolute Gasteiger partial charge is 0.267 e. The van der Waals surface area contributed by atoms with E-state index in [1.807, 2.05) is 58.9 Å². The van der Waals surface area contributed by atoms with Crippen molar-refractivity contribution in [1.82, 2.24) is 15.2 Å². The molecule has 192 valence electrons. The molecule has 5 rings (SSSR count). The number of para-hydroxylation sites is 1. The van der Waals surface area contributed by atoms with Gasteiger partial charge in [-0.05, 0) is 60.2 Å². The number of benzene rings is 2. The number of piperidine rings is 1. The third-order valence-electron chi connectivity index (χ3n) is 6.35. The number of aliphatic hydroxyl groups excluding tert-OH is 1. The van der Waals surface area contributed by atoms with Gasteiger partial charge in [-0.2, -0.15) is 5.26 Å². The Morgan fingerprint density at radius 2 is 2.00 bits per heavy atom. The van der Waals surface area contributed by atoms with Crippen LogP contribution in [0.4, 0.5) is 17.1 Å². The maximum Gasteiger partial charge on any atom is 0.267 e. The van der Waals surface area contributed by atoms with Crippen molar-refractivity contribution in [1.29, 1.82) is 5.26 Å². The third-order valence-corrected chi connectivity index (χ3v) is 7.26. The molecule has 10 heteroatoms. The number of carbonyl (C=O) groups is 1. The van der Waals surface area contributed by atoms with Crippen LogP contribution in [0.1, 0.15) is 28.1 Å². The number of hydrogen-bond acceptors (Lipinski definition) is 7. The lowest BCUT2D eigenvalue weighted by Crippen LogP contribution is -2.45. The monoisotopic (exact) mass is 525 g/mol. The van der Waals surface area contributed by atoms with Gasteiger partial charge in [0.15, 0.2) is 6.19 Å². The van der Waals surface area contributed by atoms with Crippen molar-refractivity contribution >= 4 is 51.2 Å². The zero-order chi connectivity index (χ0) is 26.3.